The van der Waals surface area contributed by atoms with E-state index in [-0.39, 0.29) is 17.5 Å². The topological polar surface area (TPSA) is 95.1 Å². The van der Waals surface area contributed by atoms with Gasteiger partial charge in [-0.3, -0.25) is 4.79 Å². The van der Waals surface area contributed by atoms with Gasteiger partial charge in [-0.25, -0.2) is 13.1 Å². The lowest BCUT2D eigenvalue weighted by Crippen LogP contribution is -2.26. The molecule has 1 aliphatic heterocycles. The molecular weight excluding hydrogens is 230 g/mol. The van der Waals surface area contributed by atoms with Crippen LogP contribution in [0.2, 0.25) is 0 Å². The van der Waals surface area contributed by atoms with Crippen molar-refractivity contribution >= 4 is 21.9 Å². The van der Waals surface area contributed by atoms with E-state index in [1.54, 1.807) is 4.68 Å². The van der Waals surface area contributed by atoms with E-state index >= 15 is 0 Å². The van der Waals surface area contributed by atoms with Crippen LogP contribution in [0, 0.1) is 0 Å². The summed E-state index contributed by atoms with van der Waals surface area (Å²) < 4.78 is 24.1. The maximum Gasteiger partial charge on any atom is 0.155 e. The van der Waals surface area contributed by atoms with Crippen LogP contribution in [-0.4, -0.2) is 36.0 Å². The fourth-order valence-corrected chi connectivity index (χ4v) is 3.36. The molecule has 0 saturated carbocycles. The summed E-state index contributed by atoms with van der Waals surface area (Å²) in [5.74, 6) is 0.639. The van der Waals surface area contributed by atoms with Crippen LogP contribution in [-0.2, 0) is 9.84 Å². The van der Waals surface area contributed by atoms with Gasteiger partial charge in [0.1, 0.15) is 15.7 Å². The van der Waals surface area contributed by atoms with Gasteiger partial charge >= 0.3 is 0 Å². The van der Waals surface area contributed by atoms with Crippen LogP contribution in [0.1, 0.15) is 29.2 Å². The molecule has 2 N–H and O–H groups in total. The number of carbonyl (C=O) groups excluding carboxylic acids is 1. The van der Waals surface area contributed by atoms with Gasteiger partial charge in [-0.05, 0) is 12.8 Å². The van der Waals surface area contributed by atoms with Crippen LogP contribution in [0.5, 0.6) is 0 Å². The molecule has 1 aromatic heterocycles. The maximum atomic E-state index is 11.3. The molecule has 88 valence electrons. The number of nitrogens with two attached hydrogens (primary N) is 1. The number of rotatable bonds is 2. The highest BCUT2D eigenvalue weighted by Gasteiger charge is 2.26. The van der Waals surface area contributed by atoms with Crippen molar-refractivity contribution in [1.29, 1.82) is 0 Å². The molecule has 0 spiro atoms. The van der Waals surface area contributed by atoms with E-state index in [2.05, 4.69) is 5.10 Å². The zero-order valence-electron chi connectivity index (χ0n) is 8.67. The molecule has 0 atom stereocenters. The Morgan fingerprint density at radius 1 is 1.44 bits per heavy atom. The highest BCUT2D eigenvalue weighted by molar-refractivity contribution is 7.91. The van der Waals surface area contributed by atoms with Crippen molar-refractivity contribution < 1.29 is 13.2 Å². The van der Waals surface area contributed by atoms with E-state index in [0.29, 0.717) is 30.5 Å². The van der Waals surface area contributed by atoms with Crippen LogP contribution >= 0.6 is 0 Å². The minimum atomic E-state index is -2.89. The molecular formula is C9H13N3O3S. The summed E-state index contributed by atoms with van der Waals surface area (Å²) >= 11 is 0. The van der Waals surface area contributed by atoms with Crippen molar-refractivity contribution in [2.24, 2.45) is 0 Å². The Morgan fingerprint density at radius 3 is 2.56 bits per heavy atom. The van der Waals surface area contributed by atoms with Crippen molar-refractivity contribution in [3.05, 3.63) is 11.8 Å². The minimum absolute atomic E-state index is 0.0165. The van der Waals surface area contributed by atoms with Crippen molar-refractivity contribution in [2.45, 2.75) is 18.9 Å². The number of nitrogen functional groups attached to an aromatic ring is 1. The lowest BCUT2D eigenvalue weighted by Gasteiger charge is -2.23. The molecule has 6 nitrogen and oxygen atoms in total. The summed E-state index contributed by atoms with van der Waals surface area (Å²) in [6.07, 6.45) is 3.07. The van der Waals surface area contributed by atoms with Gasteiger partial charge < -0.3 is 5.73 Å². The Morgan fingerprint density at radius 2 is 2.06 bits per heavy atom. The summed E-state index contributed by atoms with van der Waals surface area (Å²) in [5, 5.41) is 4.02. The summed E-state index contributed by atoms with van der Waals surface area (Å²) in [7, 11) is -2.89. The molecule has 2 rings (SSSR count). The Labute approximate surface area is 93.3 Å². The fourth-order valence-electron chi connectivity index (χ4n) is 1.89. The molecule has 0 radical (unpaired) electrons. The van der Waals surface area contributed by atoms with Crippen molar-refractivity contribution in [3.63, 3.8) is 0 Å². The number of hydrogen-bond donors (Lipinski definition) is 1. The largest absolute Gasteiger partial charge is 0.383 e. The predicted octanol–water partition coefficient (Wildman–Crippen LogP) is 0.0275. The molecule has 0 aromatic carbocycles. The summed E-state index contributed by atoms with van der Waals surface area (Å²) in [6.45, 7) is 0. The molecule has 0 bridgehead atoms. The second-order valence-corrected chi connectivity index (χ2v) is 6.23. The third kappa shape index (κ3) is 1.95. The average Bonchev–Trinajstić information content (AvgIpc) is 2.60. The lowest BCUT2D eigenvalue weighted by atomic mass is 10.1. The number of carbonyl (C=O) groups is 1. The van der Waals surface area contributed by atoms with Crippen molar-refractivity contribution in [3.8, 4) is 0 Å². The normalized spacial score (nSPS) is 20.8. The quantitative estimate of drug-likeness (QED) is 0.739. The second-order valence-electron chi connectivity index (χ2n) is 3.93. The molecule has 1 saturated heterocycles. The molecule has 0 unspecified atom stereocenters. The molecule has 0 amide bonds. The summed E-state index contributed by atoms with van der Waals surface area (Å²) in [4.78, 5) is 10.6. The standard InChI is InChI=1S/C9H13N3O3S/c10-9-7(6-13)5-11-12(9)8-1-3-16(14,15)4-2-8/h5-6,8H,1-4,10H2. The van der Waals surface area contributed by atoms with Crippen LogP contribution in [0.25, 0.3) is 0 Å². The highest BCUT2D eigenvalue weighted by atomic mass is 32.2. The number of hydrogen-bond acceptors (Lipinski definition) is 5. The van der Waals surface area contributed by atoms with Gasteiger partial charge in [-0.15, -0.1) is 0 Å². The van der Waals surface area contributed by atoms with Gasteiger partial charge in [0.2, 0.25) is 0 Å². The van der Waals surface area contributed by atoms with Gasteiger partial charge in [0.05, 0.1) is 29.3 Å². The molecule has 1 aromatic rings. The zero-order chi connectivity index (χ0) is 11.8. The molecule has 7 heteroatoms. The number of anilines is 1. The third-order valence-electron chi connectivity index (χ3n) is 2.86. The first kappa shape index (κ1) is 11.1. The van der Waals surface area contributed by atoms with E-state index in [1.165, 1.54) is 6.20 Å². The monoisotopic (exact) mass is 243 g/mol. The molecule has 16 heavy (non-hydrogen) atoms. The Balaban J connectivity index is 2.20. The van der Waals surface area contributed by atoms with Crippen LogP contribution in [0.3, 0.4) is 0 Å². The van der Waals surface area contributed by atoms with Gasteiger partial charge in [0, 0.05) is 0 Å². The van der Waals surface area contributed by atoms with Gasteiger partial charge in [-0.1, -0.05) is 0 Å². The van der Waals surface area contributed by atoms with E-state index in [4.69, 9.17) is 5.73 Å². The smallest absolute Gasteiger partial charge is 0.155 e. The van der Waals surface area contributed by atoms with Crippen LogP contribution in [0.15, 0.2) is 6.20 Å². The number of aromatic nitrogens is 2. The van der Waals surface area contributed by atoms with E-state index in [9.17, 15) is 13.2 Å². The fraction of sp³-hybridized carbons (Fsp3) is 0.556. The molecule has 1 aliphatic rings. The van der Waals surface area contributed by atoms with Gasteiger partial charge in [-0.2, -0.15) is 5.10 Å². The SMILES string of the molecule is Nc1c(C=O)cnn1C1CCS(=O)(=O)CC1. The first-order valence-electron chi connectivity index (χ1n) is 5.02. The summed E-state index contributed by atoms with van der Waals surface area (Å²) in [5.41, 5.74) is 6.09. The average molecular weight is 243 g/mol. The number of sulfone groups is 1. The lowest BCUT2D eigenvalue weighted by molar-refractivity contribution is 0.112. The summed E-state index contributed by atoms with van der Waals surface area (Å²) in [6, 6.07) is -0.0165. The van der Waals surface area contributed by atoms with Gasteiger partial charge in [0.15, 0.2) is 6.29 Å². The minimum Gasteiger partial charge on any atom is -0.383 e. The number of nitrogens with zero attached hydrogens (tertiary/aromatic N) is 2. The second kappa shape index (κ2) is 3.89. The predicted molar refractivity (Wildman–Crippen MR) is 59.0 cm³/mol. The Hall–Kier alpha value is -1.37. The third-order valence-corrected chi connectivity index (χ3v) is 4.58. The molecule has 1 fully saturated rings. The highest BCUT2D eigenvalue weighted by Crippen LogP contribution is 2.26. The van der Waals surface area contributed by atoms with Crippen LogP contribution in [0.4, 0.5) is 5.82 Å². The number of aldehydes is 1. The zero-order valence-corrected chi connectivity index (χ0v) is 9.48. The van der Waals surface area contributed by atoms with Gasteiger partial charge in [0.25, 0.3) is 0 Å². The first-order valence-corrected chi connectivity index (χ1v) is 6.84. The van der Waals surface area contributed by atoms with E-state index in [0.717, 1.165) is 0 Å². The maximum absolute atomic E-state index is 11.3. The Bertz CT molecular complexity index is 492. The van der Waals surface area contributed by atoms with E-state index < -0.39 is 9.84 Å². The van der Waals surface area contributed by atoms with E-state index in [1.807, 2.05) is 0 Å². The van der Waals surface area contributed by atoms with Crippen LogP contribution < -0.4 is 5.73 Å². The van der Waals surface area contributed by atoms with Crippen molar-refractivity contribution in [2.75, 3.05) is 17.2 Å². The molecule has 2 heterocycles. The molecule has 0 aliphatic carbocycles. The Kier molecular flexibility index (Phi) is 2.71. The first-order chi connectivity index (χ1) is 7.53. The van der Waals surface area contributed by atoms with Crippen molar-refractivity contribution in [1.82, 2.24) is 9.78 Å².